The van der Waals surface area contributed by atoms with Crippen LogP contribution in [0.5, 0.6) is 0 Å². The van der Waals surface area contributed by atoms with Gasteiger partial charge in [0.25, 0.3) is 5.91 Å². The van der Waals surface area contributed by atoms with Gasteiger partial charge in [-0.15, -0.1) is 0 Å². The first-order valence-electron chi connectivity index (χ1n) is 5.38. The number of ether oxygens (including phenoxy) is 1. The molecule has 1 aromatic rings. The van der Waals surface area contributed by atoms with Crippen molar-refractivity contribution in [3.63, 3.8) is 0 Å². The number of benzene rings is 1. The van der Waals surface area contributed by atoms with Crippen LogP contribution in [0.2, 0.25) is 0 Å². The fourth-order valence-corrected chi connectivity index (χ4v) is 2.26. The van der Waals surface area contributed by atoms with Crippen LogP contribution < -0.4 is 0 Å². The van der Waals surface area contributed by atoms with Crippen molar-refractivity contribution in [3.8, 4) is 0 Å². The van der Waals surface area contributed by atoms with Gasteiger partial charge in [0.15, 0.2) is 0 Å². The predicted octanol–water partition coefficient (Wildman–Crippen LogP) is 2.44. The molecule has 86 valence electrons. The van der Waals surface area contributed by atoms with Gasteiger partial charge in [0.1, 0.15) is 0 Å². The van der Waals surface area contributed by atoms with Crippen molar-refractivity contribution in [1.82, 2.24) is 4.90 Å². The summed E-state index contributed by atoms with van der Waals surface area (Å²) in [5.41, 5.74) is 1.91. The summed E-state index contributed by atoms with van der Waals surface area (Å²) in [5, 5.41) is 0. The Morgan fingerprint density at radius 3 is 3.06 bits per heavy atom. The third kappa shape index (κ3) is 2.28. The number of carbonyl (C=O) groups is 1. The van der Waals surface area contributed by atoms with E-state index in [0.29, 0.717) is 26.3 Å². The van der Waals surface area contributed by atoms with E-state index in [0.717, 1.165) is 15.6 Å². The smallest absolute Gasteiger partial charge is 0.254 e. The third-order valence-corrected chi connectivity index (χ3v) is 3.15. The predicted molar refractivity (Wildman–Crippen MR) is 65.4 cm³/mol. The lowest BCUT2D eigenvalue weighted by Crippen LogP contribution is -2.27. The quantitative estimate of drug-likeness (QED) is 0.795. The minimum Gasteiger partial charge on any atom is -0.380 e. The monoisotopic (exact) mass is 283 g/mol. The van der Waals surface area contributed by atoms with E-state index >= 15 is 0 Å². The normalized spacial score (nSPS) is 14.4. The van der Waals surface area contributed by atoms with E-state index < -0.39 is 0 Å². The summed E-state index contributed by atoms with van der Waals surface area (Å²) in [5.74, 6) is 0.113. The van der Waals surface area contributed by atoms with Gasteiger partial charge >= 0.3 is 0 Å². The molecule has 0 aliphatic carbocycles. The van der Waals surface area contributed by atoms with E-state index in [4.69, 9.17) is 4.74 Å². The number of carbonyl (C=O) groups excluding carboxylic acids is 1. The molecule has 16 heavy (non-hydrogen) atoms. The van der Waals surface area contributed by atoms with E-state index in [1.54, 1.807) is 0 Å². The molecule has 0 atom stereocenters. The Bertz CT molecular complexity index is 406. The van der Waals surface area contributed by atoms with Gasteiger partial charge in [-0.3, -0.25) is 4.79 Å². The van der Waals surface area contributed by atoms with Gasteiger partial charge in [0, 0.05) is 29.7 Å². The molecule has 0 saturated carbocycles. The summed E-state index contributed by atoms with van der Waals surface area (Å²) in [4.78, 5) is 13.8. The van der Waals surface area contributed by atoms with Crippen LogP contribution in [0, 0.1) is 0 Å². The highest BCUT2D eigenvalue weighted by molar-refractivity contribution is 9.10. The molecule has 0 N–H and O–H groups in total. The van der Waals surface area contributed by atoms with Gasteiger partial charge in [-0.25, -0.2) is 0 Å². The fraction of sp³-hybridized carbons (Fsp3) is 0.417. The van der Waals surface area contributed by atoms with Crippen LogP contribution >= 0.6 is 15.9 Å². The van der Waals surface area contributed by atoms with Crippen LogP contribution in [0.25, 0.3) is 0 Å². The standard InChI is InChI=1S/C12H14BrNO2/c1-2-16-6-5-14-8-9-7-10(13)3-4-11(9)12(14)15/h3-4,7H,2,5-6,8H2,1H3. The van der Waals surface area contributed by atoms with Crippen LogP contribution in [0.1, 0.15) is 22.8 Å². The Balaban J connectivity index is 2.06. The third-order valence-electron chi connectivity index (χ3n) is 2.66. The molecule has 1 aliphatic rings. The van der Waals surface area contributed by atoms with Crippen molar-refractivity contribution >= 4 is 21.8 Å². The second kappa shape index (κ2) is 4.97. The largest absolute Gasteiger partial charge is 0.380 e. The van der Waals surface area contributed by atoms with E-state index in [2.05, 4.69) is 15.9 Å². The molecular weight excluding hydrogens is 270 g/mol. The Kier molecular flexibility index (Phi) is 3.61. The molecule has 0 unspecified atom stereocenters. The maximum atomic E-state index is 12.0. The molecule has 0 radical (unpaired) electrons. The molecule has 1 heterocycles. The minimum atomic E-state index is 0.113. The van der Waals surface area contributed by atoms with Gasteiger partial charge in [0.05, 0.1) is 6.61 Å². The maximum Gasteiger partial charge on any atom is 0.254 e. The van der Waals surface area contributed by atoms with Gasteiger partial charge in [-0.1, -0.05) is 15.9 Å². The number of fused-ring (bicyclic) bond motifs is 1. The first-order valence-corrected chi connectivity index (χ1v) is 6.17. The van der Waals surface area contributed by atoms with Crippen molar-refractivity contribution in [1.29, 1.82) is 0 Å². The van der Waals surface area contributed by atoms with E-state index in [1.165, 1.54) is 0 Å². The maximum absolute atomic E-state index is 12.0. The highest BCUT2D eigenvalue weighted by Gasteiger charge is 2.26. The molecule has 3 nitrogen and oxygen atoms in total. The lowest BCUT2D eigenvalue weighted by molar-refractivity contribution is 0.0680. The summed E-state index contributed by atoms with van der Waals surface area (Å²) in [7, 11) is 0. The average molecular weight is 284 g/mol. The molecule has 2 rings (SSSR count). The van der Waals surface area contributed by atoms with Gasteiger partial charge < -0.3 is 9.64 Å². The molecule has 0 bridgehead atoms. The van der Waals surface area contributed by atoms with Gasteiger partial charge in [-0.2, -0.15) is 0 Å². The van der Waals surface area contributed by atoms with Crippen molar-refractivity contribution in [2.24, 2.45) is 0 Å². The number of nitrogens with zero attached hydrogens (tertiary/aromatic N) is 1. The van der Waals surface area contributed by atoms with Gasteiger partial charge in [-0.05, 0) is 30.7 Å². The molecule has 1 aliphatic heterocycles. The van der Waals surface area contributed by atoms with Crippen LogP contribution in [-0.4, -0.2) is 30.6 Å². The number of hydrogen-bond donors (Lipinski definition) is 0. The van der Waals surface area contributed by atoms with Gasteiger partial charge in [0.2, 0.25) is 0 Å². The van der Waals surface area contributed by atoms with E-state index in [9.17, 15) is 4.79 Å². The number of amides is 1. The van der Waals surface area contributed by atoms with Crippen LogP contribution in [-0.2, 0) is 11.3 Å². The molecule has 0 fully saturated rings. The van der Waals surface area contributed by atoms with Crippen LogP contribution in [0.3, 0.4) is 0 Å². The summed E-state index contributed by atoms with van der Waals surface area (Å²) in [6, 6.07) is 5.79. The first-order chi connectivity index (χ1) is 7.72. The number of hydrogen-bond acceptors (Lipinski definition) is 2. The second-order valence-corrected chi connectivity index (χ2v) is 4.64. The molecule has 4 heteroatoms. The fourth-order valence-electron chi connectivity index (χ4n) is 1.85. The second-order valence-electron chi connectivity index (χ2n) is 3.73. The van der Waals surface area contributed by atoms with Crippen molar-refractivity contribution in [2.45, 2.75) is 13.5 Å². The number of halogens is 1. The highest BCUT2D eigenvalue weighted by Crippen LogP contribution is 2.25. The molecule has 1 aromatic carbocycles. The first kappa shape index (κ1) is 11.6. The molecule has 0 saturated heterocycles. The zero-order chi connectivity index (χ0) is 11.5. The molecule has 1 amide bonds. The zero-order valence-electron chi connectivity index (χ0n) is 9.20. The lowest BCUT2D eigenvalue weighted by atomic mass is 10.1. The Morgan fingerprint density at radius 1 is 1.50 bits per heavy atom. The van der Waals surface area contributed by atoms with E-state index in [-0.39, 0.29) is 5.91 Å². The Hall–Kier alpha value is -0.870. The molecule has 0 aromatic heterocycles. The van der Waals surface area contributed by atoms with Crippen molar-refractivity contribution in [3.05, 3.63) is 33.8 Å². The summed E-state index contributed by atoms with van der Waals surface area (Å²) in [6.07, 6.45) is 0. The number of rotatable bonds is 4. The molecule has 0 spiro atoms. The molecular formula is C12H14BrNO2. The summed E-state index contributed by atoms with van der Waals surface area (Å²) in [6.45, 7) is 4.62. The minimum absolute atomic E-state index is 0.113. The van der Waals surface area contributed by atoms with Crippen molar-refractivity contribution < 1.29 is 9.53 Å². The lowest BCUT2D eigenvalue weighted by Gasteiger charge is -2.14. The SMILES string of the molecule is CCOCCN1Cc2cc(Br)ccc2C1=O. The van der Waals surface area contributed by atoms with Crippen molar-refractivity contribution in [2.75, 3.05) is 19.8 Å². The van der Waals surface area contributed by atoms with Crippen LogP contribution in [0.15, 0.2) is 22.7 Å². The van der Waals surface area contributed by atoms with Crippen LogP contribution in [0.4, 0.5) is 0 Å². The Morgan fingerprint density at radius 2 is 2.31 bits per heavy atom. The van der Waals surface area contributed by atoms with E-state index in [1.807, 2.05) is 30.0 Å². The zero-order valence-corrected chi connectivity index (χ0v) is 10.8. The average Bonchev–Trinajstić information content (AvgIpc) is 2.56. The Labute approximate surface area is 104 Å². The topological polar surface area (TPSA) is 29.5 Å². The summed E-state index contributed by atoms with van der Waals surface area (Å²) < 4.78 is 6.28. The highest BCUT2D eigenvalue weighted by atomic mass is 79.9. The summed E-state index contributed by atoms with van der Waals surface area (Å²) >= 11 is 3.41.